The zero-order valence-electron chi connectivity index (χ0n) is 10.9. The minimum absolute atomic E-state index is 0.0852. The molecule has 2 rings (SSSR count). The molecule has 0 aliphatic rings. The van der Waals surface area contributed by atoms with Gasteiger partial charge in [-0.2, -0.15) is 0 Å². The van der Waals surface area contributed by atoms with Gasteiger partial charge in [-0.15, -0.1) is 0 Å². The molecular formula is C11H11ClN4O4S. The van der Waals surface area contributed by atoms with Gasteiger partial charge in [-0.3, -0.25) is 10.1 Å². The molecular weight excluding hydrogens is 320 g/mol. The van der Waals surface area contributed by atoms with Gasteiger partial charge >= 0.3 is 0 Å². The fourth-order valence-electron chi connectivity index (χ4n) is 1.80. The normalized spacial score (nSPS) is 11.6. The SMILES string of the molecule is Cc1nc(S(N)(=O)=O)cn1Cc1ccc(Cl)cc1[N+](=O)[O-]. The summed E-state index contributed by atoms with van der Waals surface area (Å²) in [6, 6.07) is 4.27. The first-order valence-corrected chi connectivity index (χ1v) is 7.60. The number of aryl methyl sites for hydroxylation is 1. The zero-order chi connectivity index (χ0) is 15.8. The zero-order valence-corrected chi connectivity index (χ0v) is 12.4. The van der Waals surface area contributed by atoms with Crippen molar-refractivity contribution in [2.45, 2.75) is 18.5 Å². The number of hydrogen-bond acceptors (Lipinski definition) is 5. The molecule has 1 aromatic heterocycles. The first kappa shape index (κ1) is 15.4. The molecule has 10 heteroatoms. The maximum absolute atomic E-state index is 11.2. The number of imidazole rings is 1. The summed E-state index contributed by atoms with van der Waals surface area (Å²) in [4.78, 5) is 14.3. The van der Waals surface area contributed by atoms with Gasteiger partial charge in [-0.25, -0.2) is 18.5 Å². The molecule has 0 radical (unpaired) electrons. The molecule has 0 amide bonds. The van der Waals surface area contributed by atoms with E-state index in [2.05, 4.69) is 4.98 Å². The van der Waals surface area contributed by atoms with Gasteiger partial charge < -0.3 is 4.57 Å². The number of hydrogen-bond donors (Lipinski definition) is 1. The van der Waals surface area contributed by atoms with Crippen molar-refractivity contribution in [2.24, 2.45) is 5.14 Å². The van der Waals surface area contributed by atoms with Gasteiger partial charge in [0.2, 0.25) is 0 Å². The van der Waals surface area contributed by atoms with Crippen LogP contribution in [0.1, 0.15) is 11.4 Å². The molecule has 1 aromatic carbocycles. The van der Waals surface area contributed by atoms with Crippen LogP contribution in [0.5, 0.6) is 0 Å². The Bertz CT molecular complexity index is 816. The maximum Gasteiger partial charge on any atom is 0.275 e. The minimum atomic E-state index is -3.92. The van der Waals surface area contributed by atoms with Crippen molar-refractivity contribution in [1.82, 2.24) is 9.55 Å². The second kappa shape index (κ2) is 5.43. The quantitative estimate of drug-likeness (QED) is 0.671. The van der Waals surface area contributed by atoms with Crippen LogP contribution in [0.25, 0.3) is 0 Å². The molecule has 0 unspecified atom stereocenters. The molecule has 8 nitrogen and oxygen atoms in total. The molecule has 0 saturated heterocycles. The standard InChI is InChI=1S/C11H11ClN4O4S/c1-7-14-11(21(13,19)20)6-15(7)5-8-2-3-9(12)4-10(8)16(17)18/h2-4,6H,5H2,1H3,(H2,13,19,20). The number of nitrogens with zero attached hydrogens (tertiary/aromatic N) is 3. The Morgan fingerprint density at radius 2 is 2.14 bits per heavy atom. The van der Waals surface area contributed by atoms with Crippen molar-refractivity contribution in [3.8, 4) is 0 Å². The van der Waals surface area contributed by atoms with Crippen molar-refractivity contribution in [3.05, 3.63) is 50.9 Å². The van der Waals surface area contributed by atoms with Gasteiger partial charge in [0, 0.05) is 22.8 Å². The Labute approximate surface area is 125 Å². The number of halogens is 1. The predicted molar refractivity (Wildman–Crippen MR) is 75.5 cm³/mol. The third-order valence-electron chi connectivity index (χ3n) is 2.83. The van der Waals surface area contributed by atoms with Crippen LogP contribution in [0.15, 0.2) is 29.4 Å². The van der Waals surface area contributed by atoms with Crippen LogP contribution in [0.2, 0.25) is 5.02 Å². The smallest absolute Gasteiger partial charge is 0.275 e. The van der Waals surface area contributed by atoms with E-state index in [0.717, 1.165) is 0 Å². The minimum Gasteiger partial charge on any atom is -0.329 e. The van der Waals surface area contributed by atoms with Crippen LogP contribution in [0.4, 0.5) is 5.69 Å². The second-order valence-corrected chi connectivity index (χ2v) is 6.27. The molecule has 112 valence electrons. The van der Waals surface area contributed by atoms with E-state index in [1.165, 1.54) is 29.0 Å². The van der Waals surface area contributed by atoms with Gasteiger partial charge in [-0.1, -0.05) is 11.6 Å². The van der Waals surface area contributed by atoms with Crippen molar-refractivity contribution >= 4 is 27.3 Å². The molecule has 0 fully saturated rings. The molecule has 0 saturated carbocycles. The van der Waals surface area contributed by atoms with Crippen LogP contribution < -0.4 is 5.14 Å². The average molecular weight is 331 g/mol. The van der Waals surface area contributed by atoms with E-state index in [0.29, 0.717) is 11.4 Å². The average Bonchev–Trinajstić information content (AvgIpc) is 2.73. The topological polar surface area (TPSA) is 121 Å². The van der Waals surface area contributed by atoms with E-state index in [-0.39, 0.29) is 22.3 Å². The van der Waals surface area contributed by atoms with E-state index in [4.69, 9.17) is 16.7 Å². The van der Waals surface area contributed by atoms with Crippen LogP contribution in [0, 0.1) is 17.0 Å². The van der Waals surface area contributed by atoms with Gasteiger partial charge in [0.05, 0.1) is 11.5 Å². The fourth-order valence-corrected chi connectivity index (χ4v) is 2.50. The number of sulfonamides is 1. The summed E-state index contributed by atoms with van der Waals surface area (Å²) in [6.07, 6.45) is 1.24. The fraction of sp³-hybridized carbons (Fsp3) is 0.182. The van der Waals surface area contributed by atoms with Gasteiger partial charge in [0.25, 0.3) is 15.7 Å². The summed E-state index contributed by atoms with van der Waals surface area (Å²) >= 11 is 5.74. The number of rotatable bonds is 4. The molecule has 1 heterocycles. The Morgan fingerprint density at radius 3 is 2.67 bits per heavy atom. The van der Waals surface area contributed by atoms with E-state index < -0.39 is 14.9 Å². The largest absolute Gasteiger partial charge is 0.329 e. The van der Waals surface area contributed by atoms with Crippen molar-refractivity contribution in [1.29, 1.82) is 0 Å². The maximum atomic E-state index is 11.2. The molecule has 0 aliphatic carbocycles. The first-order chi connectivity index (χ1) is 9.68. The van der Waals surface area contributed by atoms with Gasteiger partial charge in [-0.05, 0) is 19.1 Å². The van der Waals surface area contributed by atoms with Gasteiger partial charge in [0.15, 0.2) is 5.03 Å². The van der Waals surface area contributed by atoms with Crippen molar-refractivity contribution in [3.63, 3.8) is 0 Å². The third-order valence-corrected chi connectivity index (χ3v) is 3.84. The highest BCUT2D eigenvalue weighted by molar-refractivity contribution is 7.89. The summed E-state index contributed by atoms with van der Waals surface area (Å²) in [6.45, 7) is 1.66. The Balaban J connectivity index is 2.44. The summed E-state index contributed by atoms with van der Waals surface area (Å²) in [7, 11) is -3.92. The summed E-state index contributed by atoms with van der Waals surface area (Å²) in [5.74, 6) is 0.378. The number of aromatic nitrogens is 2. The molecule has 21 heavy (non-hydrogen) atoms. The van der Waals surface area contributed by atoms with Crippen LogP contribution in [0.3, 0.4) is 0 Å². The Morgan fingerprint density at radius 1 is 1.48 bits per heavy atom. The molecule has 0 bridgehead atoms. The lowest BCUT2D eigenvalue weighted by molar-refractivity contribution is -0.385. The molecule has 2 aromatic rings. The highest BCUT2D eigenvalue weighted by Crippen LogP contribution is 2.24. The first-order valence-electron chi connectivity index (χ1n) is 5.68. The van der Waals surface area contributed by atoms with Crippen LogP contribution >= 0.6 is 11.6 Å². The summed E-state index contributed by atoms with van der Waals surface area (Å²) in [5, 5.41) is 16.0. The number of benzene rings is 1. The predicted octanol–water partition coefficient (Wildman–Crippen LogP) is 1.45. The highest BCUT2D eigenvalue weighted by atomic mass is 35.5. The molecule has 2 N–H and O–H groups in total. The van der Waals surface area contributed by atoms with E-state index in [1.807, 2.05) is 0 Å². The lowest BCUT2D eigenvalue weighted by Gasteiger charge is -2.06. The number of nitro benzene ring substituents is 1. The summed E-state index contributed by atoms with van der Waals surface area (Å²) < 4.78 is 24.0. The van der Waals surface area contributed by atoms with E-state index >= 15 is 0 Å². The lowest BCUT2D eigenvalue weighted by atomic mass is 10.2. The van der Waals surface area contributed by atoms with Crippen LogP contribution in [-0.4, -0.2) is 22.9 Å². The molecule has 0 atom stereocenters. The molecule has 0 aliphatic heterocycles. The van der Waals surface area contributed by atoms with Crippen molar-refractivity contribution in [2.75, 3.05) is 0 Å². The lowest BCUT2D eigenvalue weighted by Crippen LogP contribution is -2.12. The third kappa shape index (κ3) is 3.38. The Hall–Kier alpha value is -1.97. The van der Waals surface area contributed by atoms with Gasteiger partial charge in [0.1, 0.15) is 5.82 Å². The number of primary sulfonamides is 1. The number of nitrogens with two attached hydrogens (primary N) is 1. The Kier molecular flexibility index (Phi) is 3.99. The highest BCUT2D eigenvalue weighted by Gasteiger charge is 2.18. The number of nitro groups is 1. The van der Waals surface area contributed by atoms with E-state index in [1.54, 1.807) is 6.92 Å². The second-order valence-electron chi connectivity index (χ2n) is 4.33. The summed E-state index contributed by atoms with van der Waals surface area (Å²) in [5.41, 5.74) is 0.235. The van der Waals surface area contributed by atoms with E-state index in [9.17, 15) is 18.5 Å². The van der Waals surface area contributed by atoms with Crippen molar-refractivity contribution < 1.29 is 13.3 Å². The molecule has 0 spiro atoms. The van der Waals surface area contributed by atoms with Crippen LogP contribution in [-0.2, 0) is 16.6 Å². The monoisotopic (exact) mass is 330 g/mol.